The van der Waals surface area contributed by atoms with Gasteiger partial charge in [0.05, 0.1) is 18.1 Å². The van der Waals surface area contributed by atoms with Crippen LogP contribution in [0.15, 0.2) is 24.3 Å². The standard InChI is InChI=1S/C47H81NO9/c1-4-7-10-13-14-17-26-33-45(49)54-38-27-20-18-24-31-43(56-47(51)57-44-36-34-42(35-37-44)48(52)53)32-25-19-21-28-39-55-46(50)40-41(29-22-15-11-8-5-2)30-23-16-12-9-6-3/h34-37,41,43H,4-33,38-40H2,1-3H3. The molecule has 0 bridgehead atoms. The minimum absolute atomic E-state index is 0.0660. The second kappa shape index (κ2) is 37.1. The van der Waals surface area contributed by atoms with E-state index in [0.717, 1.165) is 77.0 Å². The molecule has 1 atom stereocenters. The van der Waals surface area contributed by atoms with Crippen LogP contribution in [0.1, 0.15) is 220 Å². The molecule has 10 nitrogen and oxygen atoms in total. The van der Waals surface area contributed by atoms with Gasteiger partial charge in [-0.25, -0.2) is 4.79 Å². The molecule has 0 amide bonds. The number of carbonyl (C=O) groups is 3. The van der Waals surface area contributed by atoms with Gasteiger partial charge < -0.3 is 18.9 Å². The third-order valence-corrected chi connectivity index (χ3v) is 10.8. The third-order valence-electron chi connectivity index (χ3n) is 10.8. The van der Waals surface area contributed by atoms with Gasteiger partial charge in [-0.05, 0) is 75.8 Å². The Balaban J connectivity index is 2.43. The summed E-state index contributed by atoms with van der Waals surface area (Å²) in [4.78, 5) is 47.9. The molecule has 0 spiro atoms. The number of hydrogen-bond donors (Lipinski definition) is 0. The minimum Gasteiger partial charge on any atom is -0.466 e. The lowest BCUT2D eigenvalue weighted by molar-refractivity contribution is -0.384. The summed E-state index contributed by atoms with van der Waals surface area (Å²) >= 11 is 0. The fraction of sp³-hybridized carbons (Fsp3) is 0.809. The molecule has 328 valence electrons. The van der Waals surface area contributed by atoms with Gasteiger partial charge in [0.1, 0.15) is 11.9 Å². The predicted octanol–water partition coefficient (Wildman–Crippen LogP) is 14.3. The number of esters is 2. The lowest BCUT2D eigenvalue weighted by Gasteiger charge is -2.18. The van der Waals surface area contributed by atoms with Gasteiger partial charge in [-0.1, -0.05) is 149 Å². The molecule has 0 N–H and O–H groups in total. The number of non-ortho nitro benzene ring substituents is 1. The number of nitro groups is 1. The third kappa shape index (κ3) is 31.5. The highest BCUT2D eigenvalue weighted by Gasteiger charge is 2.18. The topological polar surface area (TPSA) is 131 Å². The molecular weight excluding hydrogens is 723 g/mol. The van der Waals surface area contributed by atoms with Crippen LogP contribution in [0.4, 0.5) is 10.5 Å². The molecule has 0 aliphatic carbocycles. The van der Waals surface area contributed by atoms with Gasteiger partial charge in [-0.15, -0.1) is 0 Å². The highest BCUT2D eigenvalue weighted by atomic mass is 16.7. The largest absolute Gasteiger partial charge is 0.514 e. The molecule has 0 fully saturated rings. The van der Waals surface area contributed by atoms with Gasteiger partial charge in [0.2, 0.25) is 0 Å². The highest BCUT2D eigenvalue weighted by molar-refractivity contribution is 5.69. The van der Waals surface area contributed by atoms with E-state index in [0.29, 0.717) is 44.8 Å². The van der Waals surface area contributed by atoms with E-state index >= 15 is 0 Å². The Morgan fingerprint density at radius 2 is 0.965 bits per heavy atom. The van der Waals surface area contributed by atoms with E-state index < -0.39 is 11.1 Å². The Hall–Kier alpha value is -3.17. The van der Waals surface area contributed by atoms with Crippen molar-refractivity contribution in [1.82, 2.24) is 0 Å². The van der Waals surface area contributed by atoms with Gasteiger partial charge in [0, 0.05) is 25.0 Å². The molecule has 1 unspecified atom stereocenters. The number of nitrogens with zero attached hydrogens (tertiary/aromatic N) is 1. The number of nitro benzene ring substituents is 1. The Morgan fingerprint density at radius 1 is 0.544 bits per heavy atom. The number of benzene rings is 1. The molecule has 10 heteroatoms. The van der Waals surface area contributed by atoms with Gasteiger partial charge in [-0.3, -0.25) is 19.7 Å². The lowest BCUT2D eigenvalue weighted by Crippen LogP contribution is -2.21. The van der Waals surface area contributed by atoms with E-state index in [-0.39, 0.29) is 29.5 Å². The van der Waals surface area contributed by atoms with Crippen molar-refractivity contribution in [3.63, 3.8) is 0 Å². The maximum atomic E-state index is 12.7. The van der Waals surface area contributed by atoms with Crippen LogP contribution in [0.25, 0.3) is 0 Å². The molecule has 0 heterocycles. The molecule has 0 radical (unpaired) electrons. The fourth-order valence-electron chi connectivity index (χ4n) is 7.20. The van der Waals surface area contributed by atoms with E-state index in [1.165, 1.54) is 121 Å². The first-order valence-corrected chi connectivity index (χ1v) is 23.2. The SMILES string of the molecule is CCCCCCCCCC(=O)OCCCCCCC(CCCCCCOC(=O)CC(CCCCCCC)CCCCCCC)OC(=O)Oc1ccc([N+](=O)[O-])cc1. The van der Waals surface area contributed by atoms with Crippen molar-refractivity contribution in [1.29, 1.82) is 0 Å². The molecule has 1 aromatic rings. The summed E-state index contributed by atoms with van der Waals surface area (Å²) in [5.74, 6) is 0.434. The number of carbonyl (C=O) groups excluding carboxylic acids is 3. The maximum absolute atomic E-state index is 12.7. The average molecular weight is 804 g/mol. The average Bonchev–Trinajstić information content (AvgIpc) is 3.19. The first kappa shape index (κ1) is 51.8. The highest BCUT2D eigenvalue weighted by Crippen LogP contribution is 2.24. The fourth-order valence-corrected chi connectivity index (χ4v) is 7.20. The van der Waals surface area contributed by atoms with Gasteiger partial charge in [-0.2, -0.15) is 0 Å². The van der Waals surface area contributed by atoms with Crippen molar-refractivity contribution >= 4 is 23.8 Å². The summed E-state index contributed by atoms with van der Waals surface area (Å²) in [6.45, 7) is 7.56. The van der Waals surface area contributed by atoms with Crippen LogP contribution in [0.5, 0.6) is 5.75 Å². The van der Waals surface area contributed by atoms with Crippen molar-refractivity contribution in [3.8, 4) is 5.75 Å². The maximum Gasteiger partial charge on any atom is 0.514 e. The van der Waals surface area contributed by atoms with Crippen molar-refractivity contribution < 1.29 is 38.3 Å². The number of hydrogen-bond acceptors (Lipinski definition) is 9. The smallest absolute Gasteiger partial charge is 0.466 e. The van der Waals surface area contributed by atoms with Crippen LogP contribution >= 0.6 is 0 Å². The monoisotopic (exact) mass is 804 g/mol. The van der Waals surface area contributed by atoms with Crippen LogP contribution in [-0.2, 0) is 23.8 Å². The quantitative estimate of drug-likeness (QED) is 0.0159. The van der Waals surface area contributed by atoms with Crippen LogP contribution in [-0.4, -0.2) is 42.3 Å². The van der Waals surface area contributed by atoms with E-state index in [4.69, 9.17) is 18.9 Å². The molecule has 0 aliphatic rings. The molecule has 1 aromatic carbocycles. The Bertz CT molecular complexity index is 1130. The molecule has 0 aliphatic heterocycles. The summed E-state index contributed by atoms with van der Waals surface area (Å²) in [6, 6.07) is 5.33. The van der Waals surface area contributed by atoms with E-state index in [1.807, 2.05) is 0 Å². The van der Waals surface area contributed by atoms with E-state index in [1.54, 1.807) is 0 Å². The normalized spacial score (nSPS) is 11.7. The summed E-state index contributed by atoms with van der Waals surface area (Å²) in [5.41, 5.74) is -0.0863. The van der Waals surface area contributed by atoms with Gasteiger partial charge in [0.15, 0.2) is 0 Å². The van der Waals surface area contributed by atoms with Crippen LogP contribution in [0.2, 0.25) is 0 Å². The summed E-state index contributed by atoms with van der Waals surface area (Å²) in [6.07, 6.45) is 31.2. The zero-order valence-corrected chi connectivity index (χ0v) is 36.4. The van der Waals surface area contributed by atoms with E-state index in [2.05, 4.69) is 20.8 Å². The Kier molecular flexibility index (Phi) is 33.8. The second-order valence-electron chi connectivity index (χ2n) is 16.0. The first-order chi connectivity index (χ1) is 27.8. The van der Waals surface area contributed by atoms with Gasteiger partial charge >= 0.3 is 18.1 Å². The van der Waals surface area contributed by atoms with Crippen LogP contribution < -0.4 is 4.74 Å². The first-order valence-electron chi connectivity index (χ1n) is 23.2. The van der Waals surface area contributed by atoms with Crippen LogP contribution in [0, 0.1) is 16.0 Å². The van der Waals surface area contributed by atoms with Crippen LogP contribution in [0.3, 0.4) is 0 Å². The second-order valence-corrected chi connectivity index (χ2v) is 16.0. The summed E-state index contributed by atoms with van der Waals surface area (Å²) in [5, 5.41) is 11.0. The molecule has 57 heavy (non-hydrogen) atoms. The zero-order chi connectivity index (χ0) is 41.6. The lowest BCUT2D eigenvalue weighted by atomic mass is 9.91. The minimum atomic E-state index is -0.825. The number of unbranched alkanes of at least 4 members (excludes halogenated alkanes) is 20. The van der Waals surface area contributed by atoms with Crippen molar-refractivity contribution in [2.75, 3.05) is 13.2 Å². The molecule has 0 saturated heterocycles. The number of ether oxygens (including phenoxy) is 4. The van der Waals surface area contributed by atoms with Crippen molar-refractivity contribution in [2.24, 2.45) is 5.92 Å². The molecular formula is C47H81NO9. The molecule has 0 aromatic heterocycles. The van der Waals surface area contributed by atoms with Crippen molar-refractivity contribution in [3.05, 3.63) is 34.4 Å². The zero-order valence-electron chi connectivity index (χ0n) is 36.4. The van der Waals surface area contributed by atoms with Crippen molar-refractivity contribution in [2.45, 2.75) is 226 Å². The summed E-state index contributed by atoms with van der Waals surface area (Å²) < 4.78 is 22.1. The predicted molar refractivity (Wildman–Crippen MR) is 230 cm³/mol. The Morgan fingerprint density at radius 3 is 1.46 bits per heavy atom. The summed E-state index contributed by atoms with van der Waals surface area (Å²) in [7, 11) is 0. The van der Waals surface area contributed by atoms with Gasteiger partial charge in [0.25, 0.3) is 5.69 Å². The number of rotatable bonds is 39. The van der Waals surface area contributed by atoms with E-state index in [9.17, 15) is 24.5 Å². The Labute approximate surface area is 346 Å². The molecule has 0 saturated carbocycles. The molecule has 1 rings (SSSR count).